The molecule has 1 atom stereocenters. The lowest BCUT2D eigenvalue weighted by atomic mass is 10.0. The monoisotopic (exact) mass is 361 g/mol. The molecule has 0 spiro atoms. The fourth-order valence-electron chi connectivity index (χ4n) is 2.00. The van der Waals surface area contributed by atoms with Crippen LogP contribution in [0.4, 0.5) is 0 Å². The maximum Gasteiger partial charge on any atom is 0.333 e. The van der Waals surface area contributed by atoms with Gasteiger partial charge >= 0.3 is 5.97 Å². The highest BCUT2D eigenvalue weighted by Crippen LogP contribution is 2.17. The van der Waals surface area contributed by atoms with E-state index in [1.807, 2.05) is 25.1 Å². The van der Waals surface area contributed by atoms with E-state index in [1.54, 1.807) is 30.3 Å². The zero-order valence-electron chi connectivity index (χ0n) is 12.3. The third kappa shape index (κ3) is 3.95. The molecule has 0 saturated carbocycles. The average molecular weight is 362 g/mol. The predicted molar refractivity (Wildman–Crippen MR) is 87.5 cm³/mol. The number of methoxy groups -OCH3 is 1. The Hall–Kier alpha value is -2.14. The maximum absolute atomic E-state index is 12.3. The molecule has 5 heteroatoms. The molecular formula is C17H16BrNO3. The van der Waals surface area contributed by atoms with Gasteiger partial charge in [-0.2, -0.15) is 0 Å². The first-order valence-corrected chi connectivity index (χ1v) is 7.51. The molecule has 0 aliphatic carbocycles. The molecule has 1 N–H and O–H groups in total. The fraction of sp³-hybridized carbons (Fsp3) is 0.176. The van der Waals surface area contributed by atoms with Crippen molar-refractivity contribution in [2.45, 2.75) is 13.0 Å². The normalized spacial score (nSPS) is 11.6. The first-order chi connectivity index (χ1) is 10.5. The summed E-state index contributed by atoms with van der Waals surface area (Å²) in [6.45, 7) is 1.96. The largest absolute Gasteiger partial charge is 0.467 e. The molecular weight excluding hydrogens is 346 g/mol. The Morgan fingerprint density at radius 3 is 2.41 bits per heavy atom. The van der Waals surface area contributed by atoms with Crippen molar-refractivity contribution in [3.63, 3.8) is 0 Å². The Morgan fingerprint density at radius 1 is 1.14 bits per heavy atom. The third-order valence-electron chi connectivity index (χ3n) is 3.21. The van der Waals surface area contributed by atoms with E-state index in [1.165, 1.54) is 7.11 Å². The number of esters is 1. The summed E-state index contributed by atoms with van der Waals surface area (Å²) in [6.07, 6.45) is 0. The number of ether oxygens (including phenoxy) is 1. The Morgan fingerprint density at radius 2 is 1.82 bits per heavy atom. The Balaban J connectivity index is 2.25. The minimum Gasteiger partial charge on any atom is -0.467 e. The molecule has 0 saturated heterocycles. The second-order valence-electron chi connectivity index (χ2n) is 4.85. The van der Waals surface area contributed by atoms with Crippen molar-refractivity contribution in [3.05, 3.63) is 69.7 Å². The number of hydrogen-bond donors (Lipinski definition) is 1. The topological polar surface area (TPSA) is 55.4 Å². The highest BCUT2D eigenvalue weighted by Gasteiger charge is 2.24. The van der Waals surface area contributed by atoms with Crippen LogP contribution >= 0.6 is 15.9 Å². The lowest BCUT2D eigenvalue weighted by molar-refractivity contribution is -0.143. The predicted octanol–water partition coefficient (Wildman–Crippen LogP) is 3.40. The fourth-order valence-corrected chi connectivity index (χ4v) is 2.40. The Kier molecular flexibility index (Phi) is 5.33. The van der Waals surface area contributed by atoms with Gasteiger partial charge in [-0.1, -0.05) is 51.8 Å². The van der Waals surface area contributed by atoms with E-state index >= 15 is 0 Å². The van der Waals surface area contributed by atoms with Crippen molar-refractivity contribution in [1.82, 2.24) is 5.32 Å². The van der Waals surface area contributed by atoms with Crippen LogP contribution in [0, 0.1) is 6.92 Å². The summed E-state index contributed by atoms with van der Waals surface area (Å²) in [6, 6.07) is 13.5. The van der Waals surface area contributed by atoms with Gasteiger partial charge in [0.2, 0.25) is 0 Å². The number of hydrogen-bond acceptors (Lipinski definition) is 3. The van der Waals surface area contributed by atoms with E-state index in [4.69, 9.17) is 4.74 Å². The highest BCUT2D eigenvalue weighted by atomic mass is 79.9. The van der Waals surface area contributed by atoms with Crippen LogP contribution in [0.3, 0.4) is 0 Å². The van der Waals surface area contributed by atoms with E-state index < -0.39 is 12.0 Å². The second-order valence-corrected chi connectivity index (χ2v) is 5.77. The van der Waals surface area contributed by atoms with Crippen LogP contribution in [0.1, 0.15) is 27.5 Å². The van der Waals surface area contributed by atoms with Gasteiger partial charge in [-0.25, -0.2) is 4.79 Å². The van der Waals surface area contributed by atoms with Gasteiger partial charge in [0.25, 0.3) is 5.91 Å². The molecule has 0 radical (unpaired) electrons. The molecule has 0 unspecified atom stereocenters. The smallest absolute Gasteiger partial charge is 0.333 e. The van der Waals surface area contributed by atoms with Crippen LogP contribution in [-0.4, -0.2) is 19.0 Å². The van der Waals surface area contributed by atoms with Gasteiger partial charge in [0.05, 0.1) is 7.11 Å². The van der Waals surface area contributed by atoms with Gasteiger partial charge in [-0.05, 0) is 30.7 Å². The zero-order chi connectivity index (χ0) is 16.1. The van der Waals surface area contributed by atoms with Crippen LogP contribution in [0.5, 0.6) is 0 Å². The minimum atomic E-state index is -0.836. The number of carbonyl (C=O) groups is 2. The summed E-state index contributed by atoms with van der Waals surface area (Å²) < 4.78 is 5.59. The second kappa shape index (κ2) is 7.22. The summed E-state index contributed by atoms with van der Waals surface area (Å²) >= 11 is 3.32. The summed E-state index contributed by atoms with van der Waals surface area (Å²) in [5.41, 5.74) is 2.22. The molecule has 0 bridgehead atoms. The summed E-state index contributed by atoms with van der Waals surface area (Å²) in [7, 11) is 1.30. The van der Waals surface area contributed by atoms with Crippen molar-refractivity contribution in [2.24, 2.45) is 0 Å². The quantitative estimate of drug-likeness (QED) is 0.849. The lowest BCUT2D eigenvalue weighted by Crippen LogP contribution is -2.34. The molecule has 1 amide bonds. The van der Waals surface area contributed by atoms with Crippen LogP contribution in [0.15, 0.2) is 53.0 Å². The minimum absolute atomic E-state index is 0.336. The van der Waals surface area contributed by atoms with E-state index in [0.717, 1.165) is 10.0 Å². The zero-order valence-corrected chi connectivity index (χ0v) is 13.9. The SMILES string of the molecule is COC(=O)[C@@H](NC(=O)c1cccc(Br)c1)c1ccc(C)cc1. The lowest BCUT2D eigenvalue weighted by Gasteiger charge is -2.17. The van der Waals surface area contributed by atoms with Crippen LogP contribution < -0.4 is 5.32 Å². The third-order valence-corrected chi connectivity index (χ3v) is 3.70. The Labute approximate surface area is 137 Å². The van der Waals surface area contributed by atoms with Crippen molar-refractivity contribution in [2.75, 3.05) is 7.11 Å². The number of nitrogens with one attached hydrogen (secondary N) is 1. The molecule has 4 nitrogen and oxygen atoms in total. The van der Waals surface area contributed by atoms with Crippen molar-refractivity contribution < 1.29 is 14.3 Å². The number of benzene rings is 2. The number of carbonyl (C=O) groups excluding carboxylic acids is 2. The molecule has 22 heavy (non-hydrogen) atoms. The molecule has 2 rings (SSSR count). The Bertz CT molecular complexity index is 683. The number of halogens is 1. The summed E-state index contributed by atoms with van der Waals surface area (Å²) in [5.74, 6) is -0.843. The summed E-state index contributed by atoms with van der Waals surface area (Å²) in [4.78, 5) is 24.3. The van der Waals surface area contributed by atoms with Crippen molar-refractivity contribution in [1.29, 1.82) is 0 Å². The van der Waals surface area contributed by atoms with Crippen molar-refractivity contribution >= 4 is 27.8 Å². The maximum atomic E-state index is 12.3. The van der Waals surface area contributed by atoms with Crippen LogP contribution in [0.2, 0.25) is 0 Å². The van der Waals surface area contributed by atoms with Gasteiger partial charge in [0, 0.05) is 10.0 Å². The molecule has 2 aromatic rings. The molecule has 0 fully saturated rings. The van der Waals surface area contributed by atoms with Gasteiger partial charge in [0.15, 0.2) is 6.04 Å². The van der Waals surface area contributed by atoms with Gasteiger partial charge in [-0.15, -0.1) is 0 Å². The standard InChI is InChI=1S/C17H16BrNO3/c1-11-6-8-12(9-7-11)15(17(21)22-2)19-16(20)13-4-3-5-14(18)10-13/h3-10,15H,1-2H3,(H,19,20)/t15-/m0/s1. The molecule has 0 heterocycles. The molecule has 0 aromatic heterocycles. The van der Waals surface area contributed by atoms with E-state index in [9.17, 15) is 9.59 Å². The number of amides is 1. The van der Waals surface area contributed by atoms with E-state index in [-0.39, 0.29) is 5.91 Å². The van der Waals surface area contributed by atoms with Gasteiger partial charge in [-0.3, -0.25) is 4.79 Å². The highest BCUT2D eigenvalue weighted by molar-refractivity contribution is 9.10. The van der Waals surface area contributed by atoms with Gasteiger partial charge in [0.1, 0.15) is 0 Å². The number of aryl methyl sites for hydroxylation is 1. The van der Waals surface area contributed by atoms with Crippen LogP contribution in [0.25, 0.3) is 0 Å². The summed E-state index contributed by atoms with van der Waals surface area (Å²) in [5, 5.41) is 2.71. The first-order valence-electron chi connectivity index (χ1n) is 6.72. The van der Waals surface area contributed by atoms with E-state index in [0.29, 0.717) is 11.1 Å². The van der Waals surface area contributed by atoms with E-state index in [2.05, 4.69) is 21.2 Å². The number of rotatable bonds is 4. The first kappa shape index (κ1) is 16.2. The van der Waals surface area contributed by atoms with Crippen molar-refractivity contribution in [3.8, 4) is 0 Å². The molecule has 0 aliphatic rings. The molecule has 2 aromatic carbocycles. The average Bonchev–Trinajstić information content (AvgIpc) is 2.52. The molecule has 0 aliphatic heterocycles. The van der Waals surface area contributed by atoms with Gasteiger partial charge < -0.3 is 10.1 Å². The van der Waals surface area contributed by atoms with Crippen LogP contribution in [-0.2, 0) is 9.53 Å². The molecule has 114 valence electrons.